The Morgan fingerprint density at radius 1 is 1.25 bits per heavy atom. The van der Waals surface area contributed by atoms with Gasteiger partial charge in [-0.2, -0.15) is 0 Å². The molecular formula is C14H12FNO4. The molecule has 0 aliphatic carbocycles. The van der Waals surface area contributed by atoms with E-state index in [4.69, 9.17) is 9.52 Å². The van der Waals surface area contributed by atoms with Crippen LogP contribution >= 0.6 is 0 Å². The highest BCUT2D eigenvalue weighted by atomic mass is 19.1. The lowest BCUT2D eigenvalue weighted by Crippen LogP contribution is -2.26. The minimum atomic E-state index is -1.25. The summed E-state index contributed by atoms with van der Waals surface area (Å²) >= 11 is 0. The van der Waals surface area contributed by atoms with Crippen LogP contribution in [0.2, 0.25) is 0 Å². The van der Waals surface area contributed by atoms with Crippen molar-refractivity contribution in [1.82, 2.24) is 5.32 Å². The summed E-state index contributed by atoms with van der Waals surface area (Å²) in [7, 11) is 0. The summed E-state index contributed by atoms with van der Waals surface area (Å²) in [5.74, 6) is -2.62. The van der Waals surface area contributed by atoms with Gasteiger partial charge in [0.25, 0.3) is 5.91 Å². The van der Waals surface area contributed by atoms with E-state index >= 15 is 0 Å². The molecule has 5 nitrogen and oxygen atoms in total. The molecule has 2 aromatic rings. The number of rotatable bonds is 4. The normalized spacial score (nSPS) is 11.9. The number of carboxylic acid groups (broad SMARTS) is 1. The maximum Gasteiger partial charge on any atom is 0.371 e. The van der Waals surface area contributed by atoms with Gasteiger partial charge < -0.3 is 14.8 Å². The quantitative estimate of drug-likeness (QED) is 0.900. The van der Waals surface area contributed by atoms with Gasteiger partial charge in [0.1, 0.15) is 5.82 Å². The van der Waals surface area contributed by atoms with E-state index in [2.05, 4.69) is 5.32 Å². The Labute approximate surface area is 114 Å². The molecule has 104 valence electrons. The summed E-state index contributed by atoms with van der Waals surface area (Å²) in [4.78, 5) is 22.5. The summed E-state index contributed by atoms with van der Waals surface area (Å²) in [5.41, 5.74) is 0.600. The molecule has 0 saturated carbocycles. The highest BCUT2D eigenvalue weighted by Gasteiger charge is 2.17. The summed E-state index contributed by atoms with van der Waals surface area (Å²) in [5, 5.41) is 11.3. The van der Waals surface area contributed by atoms with E-state index in [0.717, 1.165) is 0 Å². The topological polar surface area (TPSA) is 79.5 Å². The molecule has 2 N–H and O–H groups in total. The molecule has 0 spiro atoms. The van der Waals surface area contributed by atoms with Crippen LogP contribution in [-0.4, -0.2) is 17.0 Å². The Hall–Kier alpha value is -2.63. The minimum absolute atomic E-state index is 0.106. The summed E-state index contributed by atoms with van der Waals surface area (Å²) in [6, 6.07) is 7.89. The van der Waals surface area contributed by atoms with Crippen molar-refractivity contribution in [2.45, 2.75) is 13.0 Å². The molecule has 1 heterocycles. The van der Waals surface area contributed by atoms with E-state index < -0.39 is 23.7 Å². The van der Waals surface area contributed by atoms with Gasteiger partial charge in [-0.3, -0.25) is 4.79 Å². The molecule has 2 rings (SSSR count). The van der Waals surface area contributed by atoms with Crippen LogP contribution in [0.3, 0.4) is 0 Å². The average molecular weight is 277 g/mol. The summed E-state index contributed by atoms with van der Waals surface area (Å²) in [6.45, 7) is 1.69. The third kappa shape index (κ3) is 3.03. The third-order valence-corrected chi connectivity index (χ3v) is 2.74. The van der Waals surface area contributed by atoms with Crippen LogP contribution in [0.1, 0.15) is 39.6 Å². The molecule has 0 fully saturated rings. The van der Waals surface area contributed by atoms with Gasteiger partial charge in [-0.1, -0.05) is 12.1 Å². The van der Waals surface area contributed by atoms with E-state index in [1.54, 1.807) is 19.1 Å². The molecular weight excluding hydrogens is 265 g/mol. The van der Waals surface area contributed by atoms with Gasteiger partial charge in [-0.05, 0) is 36.8 Å². The van der Waals surface area contributed by atoms with Gasteiger partial charge in [0.2, 0.25) is 5.76 Å². The van der Waals surface area contributed by atoms with Gasteiger partial charge in [0, 0.05) is 0 Å². The molecule has 0 bridgehead atoms. The van der Waals surface area contributed by atoms with Crippen LogP contribution in [0.5, 0.6) is 0 Å². The van der Waals surface area contributed by atoms with Gasteiger partial charge in [0.05, 0.1) is 6.04 Å². The number of nitrogens with one attached hydrogen (secondary N) is 1. The Bertz CT molecular complexity index is 650. The Kier molecular flexibility index (Phi) is 3.84. The first-order valence-electron chi connectivity index (χ1n) is 5.87. The molecule has 20 heavy (non-hydrogen) atoms. The average Bonchev–Trinajstić information content (AvgIpc) is 2.88. The summed E-state index contributed by atoms with van der Waals surface area (Å²) in [6.07, 6.45) is 0. The van der Waals surface area contributed by atoms with Crippen LogP contribution in [0.15, 0.2) is 40.8 Å². The molecule has 1 atom stereocenters. The second-order valence-electron chi connectivity index (χ2n) is 4.22. The van der Waals surface area contributed by atoms with E-state index in [0.29, 0.717) is 5.56 Å². The van der Waals surface area contributed by atoms with Crippen molar-refractivity contribution in [3.05, 3.63) is 59.3 Å². The number of benzene rings is 1. The Morgan fingerprint density at radius 3 is 2.55 bits per heavy atom. The van der Waals surface area contributed by atoms with E-state index in [9.17, 15) is 14.0 Å². The maximum absolute atomic E-state index is 13.1. The fourth-order valence-corrected chi connectivity index (χ4v) is 1.70. The third-order valence-electron chi connectivity index (χ3n) is 2.74. The SMILES string of the molecule is CC(NC(=O)c1ccc(C(=O)O)o1)c1cccc(F)c1. The van der Waals surface area contributed by atoms with E-state index in [-0.39, 0.29) is 11.5 Å². The largest absolute Gasteiger partial charge is 0.475 e. The molecule has 6 heteroatoms. The van der Waals surface area contributed by atoms with Crippen molar-refractivity contribution in [2.24, 2.45) is 0 Å². The van der Waals surface area contributed by atoms with Crippen molar-refractivity contribution in [2.75, 3.05) is 0 Å². The fourth-order valence-electron chi connectivity index (χ4n) is 1.70. The highest BCUT2D eigenvalue weighted by Crippen LogP contribution is 2.15. The number of halogens is 1. The molecule has 1 aromatic carbocycles. The van der Waals surface area contributed by atoms with Crippen LogP contribution < -0.4 is 5.32 Å². The first-order valence-corrected chi connectivity index (χ1v) is 5.87. The predicted octanol–water partition coefficient (Wildman–Crippen LogP) is 2.61. The summed E-state index contributed by atoms with van der Waals surface area (Å²) < 4.78 is 18.0. The number of carboxylic acids is 1. The number of furan rings is 1. The number of amides is 1. The molecule has 1 amide bonds. The monoisotopic (exact) mass is 277 g/mol. The van der Waals surface area contributed by atoms with Crippen molar-refractivity contribution >= 4 is 11.9 Å². The van der Waals surface area contributed by atoms with Crippen molar-refractivity contribution in [3.63, 3.8) is 0 Å². The van der Waals surface area contributed by atoms with Gasteiger partial charge in [-0.25, -0.2) is 9.18 Å². The maximum atomic E-state index is 13.1. The molecule has 0 aliphatic rings. The molecule has 0 aliphatic heterocycles. The molecule has 1 aromatic heterocycles. The van der Waals surface area contributed by atoms with Crippen LogP contribution in [0, 0.1) is 5.82 Å². The zero-order chi connectivity index (χ0) is 14.7. The lowest BCUT2D eigenvalue weighted by atomic mass is 10.1. The Morgan fingerprint density at radius 2 is 1.95 bits per heavy atom. The van der Waals surface area contributed by atoms with Crippen molar-refractivity contribution in [3.8, 4) is 0 Å². The fraction of sp³-hybridized carbons (Fsp3) is 0.143. The van der Waals surface area contributed by atoms with Crippen molar-refractivity contribution < 1.29 is 23.5 Å². The zero-order valence-corrected chi connectivity index (χ0v) is 10.6. The predicted molar refractivity (Wildman–Crippen MR) is 67.9 cm³/mol. The van der Waals surface area contributed by atoms with Crippen molar-refractivity contribution in [1.29, 1.82) is 0 Å². The number of carbonyl (C=O) groups excluding carboxylic acids is 1. The van der Waals surface area contributed by atoms with Crippen LogP contribution in [-0.2, 0) is 0 Å². The van der Waals surface area contributed by atoms with Crippen LogP contribution in [0.4, 0.5) is 4.39 Å². The van der Waals surface area contributed by atoms with E-state index in [1.807, 2.05) is 0 Å². The van der Waals surface area contributed by atoms with E-state index in [1.165, 1.54) is 24.3 Å². The number of hydrogen-bond acceptors (Lipinski definition) is 3. The standard InChI is InChI=1S/C14H12FNO4/c1-8(9-3-2-4-10(15)7-9)16-13(17)11-5-6-12(20-11)14(18)19/h2-8H,1H3,(H,16,17)(H,18,19). The smallest absolute Gasteiger partial charge is 0.371 e. The molecule has 0 saturated heterocycles. The second-order valence-corrected chi connectivity index (χ2v) is 4.22. The first-order chi connectivity index (χ1) is 9.47. The highest BCUT2D eigenvalue weighted by molar-refractivity contribution is 5.93. The molecule has 1 unspecified atom stereocenters. The number of hydrogen-bond donors (Lipinski definition) is 2. The van der Waals surface area contributed by atoms with Gasteiger partial charge >= 0.3 is 5.97 Å². The zero-order valence-electron chi connectivity index (χ0n) is 10.6. The number of carbonyl (C=O) groups is 2. The Balaban J connectivity index is 2.08. The lowest BCUT2D eigenvalue weighted by Gasteiger charge is -2.13. The first kappa shape index (κ1) is 13.8. The lowest BCUT2D eigenvalue weighted by molar-refractivity contribution is 0.0659. The minimum Gasteiger partial charge on any atom is -0.475 e. The second kappa shape index (κ2) is 5.56. The van der Waals surface area contributed by atoms with Gasteiger partial charge in [0.15, 0.2) is 5.76 Å². The van der Waals surface area contributed by atoms with Gasteiger partial charge in [-0.15, -0.1) is 0 Å². The molecule has 0 radical (unpaired) electrons. The number of aromatic carboxylic acids is 1. The van der Waals surface area contributed by atoms with Crippen LogP contribution in [0.25, 0.3) is 0 Å².